The van der Waals surface area contributed by atoms with Gasteiger partial charge in [0.1, 0.15) is 0 Å². The van der Waals surface area contributed by atoms with Gasteiger partial charge in [-0.3, -0.25) is 0 Å². The Morgan fingerprint density at radius 1 is 1.35 bits per heavy atom. The highest BCUT2D eigenvalue weighted by Crippen LogP contribution is 2.30. The van der Waals surface area contributed by atoms with Crippen molar-refractivity contribution in [2.45, 2.75) is 13.1 Å². The summed E-state index contributed by atoms with van der Waals surface area (Å²) in [5.74, 6) is 3.87. The molecular formula is C12H9F3O2. The summed E-state index contributed by atoms with van der Waals surface area (Å²) in [6, 6.07) is 3.14. The van der Waals surface area contributed by atoms with Crippen LogP contribution in [0.3, 0.4) is 0 Å². The maximum absolute atomic E-state index is 12.4. The van der Waals surface area contributed by atoms with Crippen LogP contribution < -0.4 is 0 Å². The van der Waals surface area contributed by atoms with Gasteiger partial charge in [-0.2, -0.15) is 13.2 Å². The third kappa shape index (κ3) is 3.52. The SMILES string of the molecule is COC(=O)C#Cc1ccc(C(F)(F)F)cc1C. The molecule has 0 saturated carbocycles. The normalized spacial score (nSPS) is 10.4. The maximum Gasteiger partial charge on any atom is 0.416 e. The van der Waals surface area contributed by atoms with Gasteiger partial charge in [0.05, 0.1) is 12.7 Å². The Labute approximate surface area is 96.4 Å². The Balaban J connectivity index is 3.05. The molecule has 0 bridgehead atoms. The minimum absolute atomic E-state index is 0.358. The first kappa shape index (κ1) is 13.1. The summed E-state index contributed by atoms with van der Waals surface area (Å²) in [6.45, 7) is 1.50. The van der Waals surface area contributed by atoms with E-state index in [4.69, 9.17) is 0 Å². The molecule has 0 heterocycles. The van der Waals surface area contributed by atoms with E-state index in [1.54, 1.807) is 0 Å². The maximum atomic E-state index is 12.4. The second-order valence-electron chi connectivity index (χ2n) is 3.27. The number of hydrogen-bond donors (Lipinski definition) is 0. The number of methoxy groups -OCH3 is 1. The predicted octanol–water partition coefficient (Wildman–Crippen LogP) is 2.54. The molecule has 5 heteroatoms. The third-order valence-corrected chi connectivity index (χ3v) is 2.04. The van der Waals surface area contributed by atoms with Crippen molar-refractivity contribution in [3.63, 3.8) is 0 Å². The van der Waals surface area contributed by atoms with E-state index >= 15 is 0 Å². The standard InChI is InChI=1S/C12H9F3O2/c1-8-7-10(12(13,14)15)5-3-9(8)4-6-11(16)17-2/h3,5,7H,1-2H3. The van der Waals surface area contributed by atoms with Crippen molar-refractivity contribution in [3.8, 4) is 11.8 Å². The number of carbonyl (C=O) groups is 1. The molecule has 0 atom stereocenters. The lowest BCUT2D eigenvalue weighted by atomic mass is 10.1. The Kier molecular flexibility index (Phi) is 3.79. The number of esters is 1. The van der Waals surface area contributed by atoms with Crippen molar-refractivity contribution >= 4 is 5.97 Å². The summed E-state index contributed by atoms with van der Waals surface area (Å²) in [6.07, 6.45) is -4.38. The van der Waals surface area contributed by atoms with Crippen LogP contribution in [0.2, 0.25) is 0 Å². The van der Waals surface area contributed by atoms with Crippen molar-refractivity contribution in [2.24, 2.45) is 0 Å². The van der Waals surface area contributed by atoms with Gasteiger partial charge in [0.2, 0.25) is 0 Å². The van der Waals surface area contributed by atoms with Gasteiger partial charge in [0.25, 0.3) is 0 Å². The van der Waals surface area contributed by atoms with E-state index < -0.39 is 17.7 Å². The summed E-state index contributed by atoms with van der Waals surface area (Å²) >= 11 is 0. The number of halogens is 3. The van der Waals surface area contributed by atoms with Crippen LogP contribution in [0.4, 0.5) is 13.2 Å². The first-order chi connectivity index (χ1) is 7.84. The zero-order chi connectivity index (χ0) is 13.1. The highest BCUT2D eigenvalue weighted by molar-refractivity contribution is 5.89. The van der Waals surface area contributed by atoms with Gasteiger partial charge < -0.3 is 4.74 Å². The van der Waals surface area contributed by atoms with Gasteiger partial charge in [-0.15, -0.1) is 0 Å². The molecule has 1 aromatic carbocycles. The molecule has 0 amide bonds. The van der Waals surface area contributed by atoms with Crippen LogP contribution in [-0.4, -0.2) is 13.1 Å². The van der Waals surface area contributed by atoms with Crippen LogP contribution >= 0.6 is 0 Å². The number of ether oxygens (including phenoxy) is 1. The van der Waals surface area contributed by atoms with E-state index in [1.807, 2.05) is 0 Å². The smallest absolute Gasteiger partial charge is 0.416 e. The van der Waals surface area contributed by atoms with Gasteiger partial charge in [-0.25, -0.2) is 4.79 Å². The Morgan fingerprint density at radius 3 is 2.47 bits per heavy atom. The topological polar surface area (TPSA) is 26.3 Å². The molecule has 17 heavy (non-hydrogen) atoms. The molecule has 0 spiro atoms. The zero-order valence-electron chi connectivity index (χ0n) is 9.18. The number of carbonyl (C=O) groups excluding carboxylic acids is 1. The molecule has 1 aromatic rings. The average molecular weight is 242 g/mol. The van der Waals surface area contributed by atoms with Gasteiger partial charge in [0.15, 0.2) is 0 Å². The number of alkyl halides is 3. The monoisotopic (exact) mass is 242 g/mol. The van der Waals surface area contributed by atoms with Gasteiger partial charge in [-0.05, 0) is 30.7 Å². The Hall–Kier alpha value is -1.96. The molecular weight excluding hydrogens is 233 g/mol. The lowest BCUT2D eigenvalue weighted by Crippen LogP contribution is -2.05. The first-order valence-corrected chi connectivity index (χ1v) is 4.62. The molecule has 90 valence electrons. The average Bonchev–Trinajstić information content (AvgIpc) is 2.25. The highest BCUT2D eigenvalue weighted by atomic mass is 19.4. The Bertz CT molecular complexity index is 493. The molecule has 0 unspecified atom stereocenters. The fraction of sp³-hybridized carbons (Fsp3) is 0.250. The minimum Gasteiger partial charge on any atom is -0.459 e. The number of aryl methyl sites for hydroxylation is 1. The van der Waals surface area contributed by atoms with Crippen molar-refractivity contribution in [2.75, 3.05) is 7.11 Å². The summed E-state index contributed by atoms with van der Waals surface area (Å²) in [7, 11) is 1.18. The highest BCUT2D eigenvalue weighted by Gasteiger charge is 2.30. The van der Waals surface area contributed by atoms with Crippen LogP contribution in [0, 0.1) is 18.8 Å². The Morgan fingerprint density at radius 2 is 2.00 bits per heavy atom. The summed E-state index contributed by atoms with van der Waals surface area (Å²) < 4.78 is 41.4. The quantitative estimate of drug-likeness (QED) is 0.516. The summed E-state index contributed by atoms with van der Waals surface area (Å²) in [4.78, 5) is 10.7. The molecule has 0 aliphatic carbocycles. The molecule has 2 nitrogen and oxygen atoms in total. The molecule has 0 saturated heterocycles. The van der Waals surface area contributed by atoms with Crippen LogP contribution in [-0.2, 0) is 15.7 Å². The van der Waals surface area contributed by atoms with E-state index in [-0.39, 0.29) is 0 Å². The van der Waals surface area contributed by atoms with Crippen LogP contribution in [0.25, 0.3) is 0 Å². The third-order valence-electron chi connectivity index (χ3n) is 2.04. The molecule has 0 radical (unpaired) electrons. The number of hydrogen-bond acceptors (Lipinski definition) is 2. The zero-order valence-corrected chi connectivity index (χ0v) is 9.18. The van der Waals surface area contributed by atoms with Crippen LogP contribution in [0.1, 0.15) is 16.7 Å². The van der Waals surface area contributed by atoms with Gasteiger partial charge in [0, 0.05) is 11.5 Å². The second-order valence-corrected chi connectivity index (χ2v) is 3.27. The van der Waals surface area contributed by atoms with Gasteiger partial charge >= 0.3 is 12.1 Å². The summed E-state index contributed by atoms with van der Waals surface area (Å²) in [5.41, 5.74) is -0.0155. The van der Waals surface area contributed by atoms with E-state index in [0.717, 1.165) is 12.1 Å². The van der Waals surface area contributed by atoms with E-state index in [0.29, 0.717) is 11.1 Å². The fourth-order valence-electron chi connectivity index (χ4n) is 1.15. The van der Waals surface area contributed by atoms with Crippen molar-refractivity contribution < 1.29 is 22.7 Å². The molecule has 0 aliphatic heterocycles. The lowest BCUT2D eigenvalue weighted by Gasteiger charge is -2.07. The van der Waals surface area contributed by atoms with E-state index in [9.17, 15) is 18.0 Å². The predicted molar refractivity (Wildman–Crippen MR) is 55.1 cm³/mol. The molecule has 0 aliphatic rings. The van der Waals surface area contributed by atoms with Crippen molar-refractivity contribution in [1.29, 1.82) is 0 Å². The summed E-state index contributed by atoms with van der Waals surface area (Å²) in [5, 5.41) is 0. The molecule has 1 rings (SSSR count). The number of benzene rings is 1. The molecule has 0 N–H and O–H groups in total. The van der Waals surface area contributed by atoms with Crippen molar-refractivity contribution in [1.82, 2.24) is 0 Å². The fourth-order valence-corrected chi connectivity index (χ4v) is 1.15. The van der Waals surface area contributed by atoms with Crippen LogP contribution in [0.15, 0.2) is 18.2 Å². The van der Waals surface area contributed by atoms with Crippen LogP contribution in [0.5, 0.6) is 0 Å². The minimum atomic E-state index is -4.38. The molecule has 0 fully saturated rings. The number of rotatable bonds is 0. The molecule has 0 aromatic heterocycles. The lowest BCUT2D eigenvalue weighted by molar-refractivity contribution is -0.137. The second kappa shape index (κ2) is 4.91. The van der Waals surface area contributed by atoms with Gasteiger partial charge in [-0.1, -0.05) is 5.92 Å². The van der Waals surface area contributed by atoms with E-state index in [1.165, 1.54) is 20.1 Å². The van der Waals surface area contributed by atoms with Crippen molar-refractivity contribution in [3.05, 3.63) is 34.9 Å². The van der Waals surface area contributed by atoms with E-state index in [2.05, 4.69) is 16.6 Å². The first-order valence-electron chi connectivity index (χ1n) is 4.62. The largest absolute Gasteiger partial charge is 0.459 e.